The molecule has 25 heavy (non-hydrogen) atoms. The quantitative estimate of drug-likeness (QED) is 0.365. The van der Waals surface area contributed by atoms with Gasteiger partial charge in [0.05, 0.1) is 0 Å². The Hall–Kier alpha value is -2.23. The van der Waals surface area contributed by atoms with Crippen LogP contribution in [0.2, 0.25) is 0 Å². The summed E-state index contributed by atoms with van der Waals surface area (Å²) in [4.78, 5) is 0. The standard InChI is InChI=1S/3C6H6O.C3H7.Ti/c3*7-6-4-2-1-3-5-6;1-3-2;/h3*1-5,7H;1,3H2,2H3;/q;;;-1;. The van der Waals surface area contributed by atoms with Crippen molar-refractivity contribution in [3.05, 3.63) is 97.9 Å². The summed E-state index contributed by atoms with van der Waals surface area (Å²) >= 11 is 0. The molecule has 3 aromatic rings. The number of hydrogen-bond acceptors (Lipinski definition) is 3. The Morgan fingerprint density at radius 3 is 0.800 bits per heavy atom. The number of para-hydroxylation sites is 3. The molecule has 132 valence electrons. The summed E-state index contributed by atoms with van der Waals surface area (Å²) < 4.78 is 0. The van der Waals surface area contributed by atoms with E-state index in [0.717, 1.165) is 6.42 Å². The van der Waals surface area contributed by atoms with Gasteiger partial charge >= 0.3 is 0 Å². The molecule has 0 saturated heterocycles. The maximum Gasteiger partial charge on any atom is 0.115 e. The van der Waals surface area contributed by atoms with E-state index in [1.54, 1.807) is 72.8 Å². The Morgan fingerprint density at radius 1 is 0.560 bits per heavy atom. The number of benzene rings is 3. The minimum absolute atomic E-state index is 0. The average molecular weight is 373 g/mol. The van der Waals surface area contributed by atoms with Gasteiger partial charge in [0.1, 0.15) is 17.2 Å². The fourth-order valence-corrected chi connectivity index (χ4v) is 1.28. The topological polar surface area (TPSA) is 60.7 Å². The maximum absolute atomic E-state index is 8.63. The van der Waals surface area contributed by atoms with Crippen molar-refractivity contribution in [1.29, 1.82) is 0 Å². The summed E-state index contributed by atoms with van der Waals surface area (Å²) in [6.07, 6.45) is 1.00. The molecule has 0 aliphatic heterocycles. The summed E-state index contributed by atoms with van der Waals surface area (Å²) in [7, 11) is 0. The molecule has 3 rings (SSSR count). The Bertz CT molecular complexity index is 513. The summed E-state index contributed by atoms with van der Waals surface area (Å²) in [5, 5.41) is 25.9. The Kier molecular flexibility index (Phi) is 18.1. The van der Waals surface area contributed by atoms with Crippen molar-refractivity contribution < 1.29 is 37.0 Å². The molecule has 0 aliphatic carbocycles. The van der Waals surface area contributed by atoms with Gasteiger partial charge in [0.15, 0.2) is 0 Å². The zero-order chi connectivity index (χ0) is 18.0. The SMILES string of the molecule is Oc1ccccc1.Oc1ccccc1.Oc1ccccc1.[CH2-]CC.[Ti]. The van der Waals surface area contributed by atoms with E-state index in [9.17, 15) is 0 Å². The van der Waals surface area contributed by atoms with Gasteiger partial charge in [-0.2, -0.15) is 6.42 Å². The molecule has 0 aromatic heterocycles. The summed E-state index contributed by atoms with van der Waals surface area (Å²) in [6, 6.07) is 26.1. The fraction of sp³-hybridized carbons (Fsp3) is 0.0952. The largest absolute Gasteiger partial charge is 0.508 e. The van der Waals surface area contributed by atoms with Crippen LogP contribution in [0.4, 0.5) is 0 Å². The molecule has 0 atom stereocenters. The van der Waals surface area contributed by atoms with Gasteiger partial charge in [-0.1, -0.05) is 61.5 Å². The molecule has 0 amide bonds. The van der Waals surface area contributed by atoms with Crippen LogP contribution < -0.4 is 0 Å². The number of aromatic hydroxyl groups is 3. The Labute approximate surface area is 165 Å². The molecule has 0 radical (unpaired) electrons. The maximum atomic E-state index is 8.63. The third kappa shape index (κ3) is 18.0. The summed E-state index contributed by atoms with van der Waals surface area (Å²) in [5.41, 5.74) is 0. The van der Waals surface area contributed by atoms with Crippen LogP contribution in [0, 0.1) is 6.92 Å². The minimum atomic E-state index is 0. The van der Waals surface area contributed by atoms with E-state index in [2.05, 4.69) is 6.92 Å². The first-order chi connectivity index (χ1) is 11.6. The van der Waals surface area contributed by atoms with Gasteiger partial charge in [0, 0.05) is 21.7 Å². The van der Waals surface area contributed by atoms with E-state index in [1.807, 2.05) is 25.1 Å². The van der Waals surface area contributed by atoms with E-state index >= 15 is 0 Å². The van der Waals surface area contributed by atoms with E-state index < -0.39 is 0 Å². The van der Waals surface area contributed by atoms with E-state index in [1.165, 1.54) is 0 Å². The smallest absolute Gasteiger partial charge is 0.115 e. The van der Waals surface area contributed by atoms with Crippen LogP contribution in [0.1, 0.15) is 13.3 Å². The van der Waals surface area contributed by atoms with Crippen LogP contribution in [0.25, 0.3) is 0 Å². The molecule has 0 saturated carbocycles. The van der Waals surface area contributed by atoms with Crippen molar-refractivity contribution in [2.45, 2.75) is 13.3 Å². The molecule has 3 aromatic carbocycles. The number of phenolic OH excluding ortho intramolecular Hbond substituents is 3. The van der Waals surface area contributed by atoms with Crippen LogP contribution >= 0.6 is 0 Å². The fourth-order valence-electron chi connectivity index (χ4n) is 1.28. The third-order valence-corrected chi connectivity index (χ3v) is 2.27. The first-order valence-corrected chi connectivity index (χ1v) is 7.61. The van der Waals surface area contributed by atoms with Crippen LogP contribution in [0.15, 0.2) is 91.0 Å². The zero-order valence-electron chi connectivity index (χ0n) is 14.4. The molecule has 0 aliphatic rings. The third-order valence-electron chi connectivity index (χ3n) is 2.27. The van der Waals surface area contributed by atoms with Crippen molar-refractivity contribution in [1.82, 2.24) is 0 Å². The van der Waals surface area contributed by atoms with Crippen LogP contribution in [-0.2, 0) is 21.7 Å². The molecule has 3 nitrogen and oxygen atoms in total. The molecule has 0 spiro atoms. The molecule has 0 bridgehead atoms. The van der Waals surface area contributed by atoms with Crippen molar-refractivity contribution in [3.8, 4) is 17.2 Å². The molecule has 4 heteroatoms. The number of rotatable bonds is 0. The minimum Gasteiger partial charge on any atom is -0.508 e. The predicted octanol–water partition coefficient (Wildman–Crippen LogP) is 5.40. The molecule has 0 heterocycles. The van der Waals surface area contributed by atoms with Gasteiger partial charge in [-0.15, -0.1) is 0 Å². The van der Waals surface area contributed by atoms with Gasteiger partial charge in [-0.3, -0.25) is 0 Å². The molecule has 3 N–H and O–H groups in total. The van der Waals surface area contributed by atoms with Gasteiger partial charge < -0.3 is 22.2 Å². The Morgan fingerprint density at radius 2 is 0.720 bits per heavy atom. The average Bonchev–Trinajstić information content (AvgIpc) is 2.59. The first kappa shape index (κ1) is 25.0. The zero-order valence-corrected chi connectivity index (χ0v) is 16.0. The van der Waals surface area contributed by atoms with Crippen LogP contribution in [0.5, 0.6) is 17.2 Å². The van der Waals surface area contributed by atoms with Crippen LogP contribution in [0.3, 0.4) is 0 Å². The Balaban J connectivity index is 0. The molecular weight excluding hydrogens is 348 g/mol. The second-order valence-corrected chi connectivity index (χ2v) is 4.51. The monoisotopic (exact) mass is 373 g/mol. The predicted molar refractivity (Wildman–Crippen MR) is 100.0 cm³/mol. The van der Waals surface area contributed by atoms with E-state index in [-0.39, 0.29) is 21.7 Å². The summed E-state index contributed by atoms with van der Waals surface area (Å²) in [6.45, 7) is 5.50. The summed E-state index contributed by atoms with van der Waals surface area (Å²) in [5.74, 6) is 0.965. The molecule has 0 unspecified atom stereocenters. The second-order valence-electron chi connectivity index (χ2n) is 4.51. The van der Waals surface area contributed by atoms with E-state index in [0.29, 0.717) is 17.2 Å². The normalized spacial score (nSPS) is 7.92. The molecule has 0 fully saturated rings. The van der Waals surface area contributed by atoms with Gasteiger partial charge in [-0.25, -0.2) is 0 Å². The van der Waals surface area contributed by atoms with Crippen LogP contribution in [-0.4, -0.2) is 15.3 Å². The van der Waals surface area contributed by atoms with Crippen molar-refractivity contribution >= 4 is 0 Å². The number of phenols is 3. The second kappa shape index (κ2) is 18.1. The van der Waals surface area contributed by atoms with Crippen molar-refractivity contribution in [3.63, 3.8) is 0 Å². The van der Waals surface area contributed by atoms with Gasteiger partial charge in [0.2, 0.25) is 0 Å². The molecular formula is C21H25O3Ti-. The van der Waals surface area contributed by atoms with E-state index in [4.69, 9.17) is 15.3 Å². The first-order valence-electron chi connectivity index (χ1n) is 7.61. The van der Waals surface area contributed by atoms with Crippen molar-refractivity contribution in [2.75, 3.05) is 0 Å². The number of hydrogen-bond donors (Lipinski definition) is 3. The van der Waals surface area contributed by atoms with Gasteiger partial charge in [0.25, 0.3) is 0 Å². The van der Waals surface area contributed by atoms with Crippen molar-refractivity contribution in [2.24, 2.45) is 0 Å². The van der Waals surface area contributed by atoms with Gasteiger partial charge in [-0.05, 0) is 36.4 Å².